The first kappa shape index (κ1) is 19.1. The van der Waals surface area contributed by atoms with Gasteiger partial charge in [0.15, 0.2) is 17.7 Å². The van der Waals surface area contributed by atoms with Crippen LogP contribution in [0.15, 0.2) is 12.7 Å². The van der Waals surface area contributed by atoms with Gasteiger partial charge in [-0.25, -0.2) is 29.5 Å². The van der Waals surface area contributed by atoms with Crippen LogP contribution in [-0.4, -0.2) is 67.1 Å². The number of anilines is 1. The molecule has 2 aromatic heterocycles. The maximum atomic E-state index is 11.6. The largest absolute Gasteiger partial charge is 0.487 e. The third-order valence-electron chi connectivity index (χ3n) is 3.66. The second-order valence-electron chi connectivity index (χ2n) is 5.33. The number of fused-ring (bicyclic) bond motifs is 1. The number of aliphatic hydroxyl groups excluding tert-OH is 2. The van der Waals surface area contributed by atoms with Gasteiger partial charge in [0.2, 0.25) is 0 Å². The quantitative estimate of drug-likeness (QED) is 0.157. The lowest BCUT2D eigenvalue weighted by atomic mass is 10.1. The fraction of sp³-hybridized carbons (Fsp3) is 0.500. The summed E-state index contributed by atoms with van der Waals surface area (Å²) in [6.45, 7) is -0.529. The first-order chi connectivity index (χ1) is 12.3. The number of ether oxygens (including phenoxy) is 1. The third kappa shape index (κ3) is 3.71. The van der Waals surface area contributed by atoms with Gasteiger partial charge in [-0.1, -0.05) is 0 Å². The molecule has 16 heteroatoms. The molecular formula is C10H17BN7O7P. The minimum atomic E-state index is -4.45. The van der Waals surface area contributed by atoms with E-state index in [-0.39, 0.29) is 13.4 Å². The van der Waals surface area contributed by atoms with Crippen molar-refractivity contribution in [1.82, 2.24) is 24.9 Å². The number of nitrogens with zero attached hydrogens (tertiary/aromatic N) is 4. The van der Waals surface area contributed by atoms with Crippen molar-refractivity contribution in [2.24, 2.45) is 5.64 Å². The fourth-order valence-electron chi connectivity index (χ4n) is 2.47. The monoisotopic (exact) mass is 389 g/mol. The van der Waals surface area contributed by atoms with Crippen molar-refractivity contribution in [2.75, 3.05) is 12.3 Å². The van der Waals surface area contributed by atoms with E-state index in [1.165, 1.54) is 17.2 Å². The normalized spacial score (nSPS) is 28.3. The lowest BCUT2D eigenvalue weighted by Gasteiger charge is -2.17. The molecule has 8 N–H and O–H groups in total. The van der Waals surface area contributed by atoms with Crippen molar-refractivity contribution < 1.29 is 33.6 Å². The Bertz CT molecular complexity index is 824. The van der Waals surface area contributed by atoms with Gasteiger partial charge in [0.1, 0.15) is 30.2 Å². The molecule has 2 aromatic rings. The minimum absolute atomic E-state index is 0.146. The van der Waals surface area contributed by atoms with Gasteiger partial charge in [-0.05, 0) is 0 Å². The van der Waals surface area contributed by atoms with Gasteiger partial charge >= 0.3 is 15.4 Å². The predicted molar refractivity (Wildman–Crippen MR) is 87.0 cm³/mol. The zero-order chi connectivity index (χ0) is 18.9. The van der Waals surface area contributed by atoms with Crippen LogP contribution >= 0.6 is 7.82 Å². The van der Waals surface area contributed by atoms with Crippen molar-refractivity contribution in [1.29, 1.82) is 0 Å². The van der Waals surface area contributed by atoms with E-state index in [1.807, 2.05) is 5.39 Å². The zero-order valence-electron chi connectivity index (χ0n) is 13.2. The SMILES string of the molecule is NBNOP(=O)(O)OCC1OC(n2cnc3c(N)ncnc32)C(O)C1O. The summed E-state index contributed by atoms with van der Waals surface area (Å²) in [4.78, 5) is 21.3. The number of nitrogen functional groups attached to an aromatic ring is 1. The van der Waals surface area contributed by atoms with Crippen LogP contribution in [0.2, 0.25) is 0 Å². The van der Waals surface area contributed by atoms with Crippen LogP contribution < -0.4 is 16.8 Å². The van der Waals surface area contributed by atoms with E-state index in [9.17, 15) is 19.7 Å². The summed E-state index contributed by atoms with van der Waals surface area (Å²) >= 11 is 0. The summed E-state index contributed by atoms with van der Waals surface area (Å²) < 4.78 is 27.5. The van der Waals surface area contributed by atoms with Crippen molar-refractivity contribution in [3.63, 3.8) is 0 Å². The summed E-state index contributed by atoms with van der Waals surface area (Å²) in [6.07, 6.45) is -2.42. The lowest BCUT2D eigenvalue weighted by Crippen LogP contribution is -2.34. The van der Waals surface area contributed by atoms with E-state index in [1.54, 1.807) is 0 Å². The molecule has 142 valence electrons. The Hall–Kier alpha value is -1.68. The predicted octanol–water partition coefficient (Wildman–Crippen LogP) is -3.11. The van der Waals surface area contributed by atoms with E-state index < -0.39 is 39.0 Å². The molecule has 1 aliphatic heterocycles. The van der Waals surface area contributed by atoms with E-state index in [2.05, 4.69) is 19.6 Å². The molecule has 0 bridgehead atoms. The Kier molecular flexibility index (Phi) is 5.52. The van der Waals surface area contributed by atoms with E-state index in [0.717, 1.165) is 0 Å². The standard InChI is InChI=1S/C10H17BN7O7P/c12-8-5-9(15-2-14-8)18(3-16-5)10-7(20)6(19)4(24-10)1-23-26(21,22)25-17-11-13/h2-4,6-7,10-11,17,19-20H,1,13H2,(H,21,22)(H2,12,14,15). The number of hydrogen-bond donors (Lipinski definition) is 6. The van der Waals surface area contributed by atoms with E-state index in [4.69, 9.17) is 20.6 Å². The molecule has 0 radical (unpaired) electrons. The Morgan fingerprint density at radius 1 is 1.38 bits per heavy atom. The molecular weight excluding hydrogens is 372 g/mol. The molecule has 5 atom stereocenters. The van der Waals surface area contributed by atoms with Crippen molar-refractivity contribution >= 4 is 32.4 Å². The summed E-state index contributed by atoms with van der Waals surface area (Å²) in [5, 5.41) is 22.4. The number of nitrogens with one attached hydrogen (secondary N) is 1. The molecule has 1 aliphatic rings. The first-order valence-corrected chi connectivity index (χ1v) is 8.87. The molecule has 0 aromatic carbocycles. The number of nitrogens with two attached hydrogens (primary N) is 2. The van der Waals surface area contributed by atoms with Gasteiger partial charge in [-0.3, -0.25) is 9.09 Å². The number of aromatic nitrogens is 4. The van der Waals surface area contributed by atoms with E-state index >= 15 is 0 Å². The van der Waals surface area contributed by atoms with Crippen molar-refractivity contribution in [3.8, 4) is 0 Å². The van der Waals surface area contributed by atoms with Gasteiger partial charge in [-0.2, -0.15) is 0 Å². The van der Waals surface area contributed by atoms with E-state index in [0.29, 0.717) is 11.2 Å². The van der Waals surface area contributed by atoms with Crippen LogP contribution in [0, 0.1) is 0 Å². The fourth-order valence-corrected chi connectivity index (χ4v) is 3.09. The molecule has 14 nitrogen and oxygen atoms in total. The molecule has 26 heavy (non-hydrogen) atoms. The minimum Gasteiger partial charge on any atom is -0.387 e. The van der Waals surface area contributed by atoms with Gasteiger partial charge in [-0.15, -0.1) is 0 Å². The molecule has 0 saturated carbocycles. The first-order valence-electron chi connectivity index (χ1n) is 7.37. The second-order valence-corrected chi connectivity index (χ2v) is 6.71. The van der Waals surface area contributed by atoms with Crippen LogP contribution in [0.25, 0.3) is 11.2 Å². The average molecular weight is 389 g/mol. The Morgan fingerprint density at radius 3 is 2.88 bits per heavy atom. The highest BCUT2D eigenvalue weighted by Gasteiger charge is 2.45. The highest BCUT2D eigenvalue weighted by atomic mass is 31.2. The molecule has 0 aliphatic carbocycles. The molecule has 1 saturated heterocycles. The van der Waals surface area contributed by atoms with Gasteiger partial charge < -0.3 is 31.2 Å². The zero-order valence-corrected chi connectivity index (χ0v) is 14.1. The highest BCUT2D eigenvalue weighted by molar-refractivity contribution is 7.47. The Morgan fingerprint density at radius 2 is 2.15 bits per heavy atom. The number of hydrogen-bond acceptors (Lipinski definition) is 12. The Balaban J connectivity index is 1.73. The maximum Gasteiger partial charge on any atom is 0.487 e. The number of rotatable bonds is 7. The summed E-state index contributed by atoms with van der Waals surface area (Å²) in [7, 11) is -4.67. The number of phosphoric acid groups is 1. The van der Waals surface area contributed by atoms with Crippen LogP contribution in [0.3, 0.4) is 0 Å². The van der Waals surface area contributed by atoms with Gasteiger partial charge in [0.25, 0.3) is 0 Å². The number of aliphatic hydroxyl groups is 2. The highest BCUT2D eigenvalue weighted by Crippen LogP contribution is 2.43. The lowest BCUT2D eigenvalue weighted by molar-refractivity contribution is -0.0520. The maximum absolute atomic E-state index is 11.6. The van der Waals surface area contributed by atoms with Crippen LogP contribution in [0.4, 0.5) is 5.82 Å². The molecule has 0 amide bonds. The van der Waals surface area contributed by atoms with Crippen molar-refractivity contribution in [3.05, 3.63) is 12.7 Å². The number of imidazole rings is 1. The molecule has 3 heterocycles. The van der Waals surface area contributed by atoms with Gasteiger partial charge in [0.05, 0.1) is 12.9 Å². The number of phosphoric ester groups is 1. The molecule has 0 spiro atoms. The second kappa shape index (κ2) is 7.52. The topological polar surface area (TPSA) is 213 Å². The molecule has 5 unspecified atom stereocenters. The summed E-state index contributed by atoms with van der Waals surface area (Å²) in [6, 6.07) is 0. The van der Waals surface area contributed by atoms with Crippen molar-refractivity contribution in [2.45, 2.75) is 24.5 Å². The van der Waals surface area contributed by atoms with Crippen LogP contribution in [0.5, 0.6) is 0 Å². The summed E-state index contributed by atoms with van der Waals surface area (Å²) in [5.41, 5.74) is 11.4. The van der Waals surface area contributed by atoms with Gasteiger partial charge in [0, 0.05) is 0 Å². The van der Waals surface area contributed by atoms with Crippen LogP contribution in [-0.2, 0) is 18.5 Å². The summed E-state index contributed by atoms with van der Waals surface area (Å²) in [5.74, 6) is 0.146. The molecule has 3 rings (SSSR count). The van der Waals surface area contributed by atoms with Crippen LogP contribution in [0.1, 0.15) is 6.23 Å². The molecule has 1 fully saturated rings. The average Bonchev–Trinajstić information content (AvgIpc) is 3.15. The smallest absolute Gasteiger partial charge is 0.387 e. The Labute approximate surface area is 146 Å². The third-order valence-corrected chi connectivity index (χ3v) is 4.50.